The third-order valence-electron chi connectivity index (χ3n) is 5.25. The Morgan fingerprint density at radius 3 is 2.57 bits per heavy atom. The van der Waals surface area contributed by atoms with Gasteiger partial charge in [0.15, 0.2) is 0 Å². The number of carbonyl (C=O) groups is 2. The van der Waals surface area contributed by atoms with Gasteiger partial charge in [0, 0.05) is 27.4 Å². The molecule has 4 rings (SSSR count). The average Bonchev–Trinajstić information content (AvgIpc) is 3.35. The molecule has 2 N–H and O–H groups in total. The van der Waals surface area contributed by atoms with E-state index in [1.807, 2.05) is 66.9 Å². The van der Waals surface area contributed by atoms with E-state index < -0.39 is 5.91 Å². The van der Waals surface area contributed by atoms with Crippen LogP contribution in [0.5, 0.6) is 5.75 Å². The SMILES string of the molecule is CCCOc1ccc(-c2nn(-c3ccccc3)cc2/C=N/NC(=O)CNC(=O)c2cccc(Br)c2)cc1. The van der Waals surface area contributed by atoms with Crippen molar-refractivity contribution in [3.63, 3.8) is 0 Å². The van der Waals surface area contributed by atoms with Crippen LogP contribution in [0.25, 0.3) is 16.9 Å². The molecule has 0 saturated heterocycles. The fourth-order valence-electron chi connectivity index (χ4n) is 3.45. The molecule has 0 unspecified atom stereocenters. The number of para-hydroxylation sites is 1. The van der Waals surface area contributed by atoms with Crippen LogP contribution < -0.4 is 15.5 Å². The van der Waals surface area contributed by atoms with E-state index in [0.717, 1.165) is 27.9 Å². The zero-order valence-corrected chi connectivity index (χ0v) is 21.8. The first-order chi connectivity index (χ1) is 18.0. The van der Waals surface area contributed by atoms with Crippen molar-refractivity contribution in [2.75, 3.05) is 13.2 Å². The van der Waals surface area contributed by atoms with Gasteiger partial charge in [-0.1, -0.05) is 47.1 Å². The lowest BCUT2D eigenvalue weighted by Crippen LogP contribution is -2.34. The third kappa shape index (κ3) is 7.14. The molecule has 1 heterocycles. The van der Waals surface area contributed by atoms with Crippen molar-refractivity contribution in [1.29, 1.82) is 0 Å². The second-order valence-corrected chi connectivity index (χ2v) is 8.99. The number of ether oxygens (including phenoxy) is 1. The van der Waals surface area contributed by atoms with Crippen LogP contribution in [0.4, 0.5) is 0 Å². The Morgan fingerprint density at radius 1 is 1.05 bits per heavy atom. The number of rotatable bonds is 10. The number of nitrogens with one attached hydrogen (secondary N) is 2. The van der Waals surface area contributed by atoms with E-state index in [4.69, 9.17) is 9.84 Å². The number of nitrogens with zero attached hydrogens (tertiary/aromatic N) is 3. The zero-order valence-electron chi connectivity index (χ0n) is 20.2. The van der Waals surface area contributed by atoms with Gasteiger partial charge in [-0.05, 0) is 61.0 Å². The number of hydrazone groups is 1. The predicted octanol–water partition coefficient (Wildman–Crippen LogP) is 4.97. The Morgan fingerprint density at radius 2 is 1.84 bits per heavy atom. The van der Waals surface area contributed by atoms with Crippen molar-refractivity contribution in [2.45, 2.75) is 13.3 Å². The van der Waals surface area contributed by atoms with Crippen molar-refractivity contribution < 1.29 is 14.3 Å². The molecule has 3 aromatic carbocycles. The molecule has 0 aliphatic carbocycles. The molecule has 8 nitrogen and oxygen atoms in total. The van der Waals surface area contributed by atoms with E-state index in [9.17, 15) is 9.59 Å². The van der Waals surface area contributed by atoms with Gasteiger partial charge in [0.1, 0.15) is 11.4 Å². The van der Waals surface area contributed by atoms with Gasteiger partial charge in [0.25, 0.3) is 11.8 Å². The summed E-state index contributed by atoms with van der Waals surface area (Å²) in [4.78, 5) is 24.5. The highest BCUT2D eigenvalue weighted by atomic mass is 79.9. The molecule has 0 spiro atoms. The standard InChI is InChI=1S/C28H26BrN5O3/c1-2-15-37-25-13-11-20(12-14-25)27-22(19-34(33-27)24-9-4-3-5-10-24)17-31-32-26(35)18-30-28(36)21-7-6-8-23(29)16-21/h3-14,16-17,19H,2,15,18H2,1H3,(H,30,36)(H,32,35)/b31-17+. The van der Waals surface area contributed by atoms with Gasteiger partial charge in [0.2, 0.25) is 0 Å². The van der Waals surface area contributed by atoms with Crippen molar-refractivity contribution in [2.24, 2.45) is 5.10 Å². The van der Waals surface area contributed by atoms with Gasteiger partial charge >= 0.3 is 0 Å². The summed E-state index contributed by atoms with van der Waals surface area (Å²) in [5, 5.41) is 11.4. The minimum absolute atomic E-state index is 0.210. The summed E-state index contributed by atoms with van der Waals surface area (Å²) < 4.78 is 8.23. The van der Waals surface area contributed by atoms with Crippen molar-refractivity contribution >= 4 is 34.0 Å². The highest BCUT2D eigenvalue weighted by molar-refractivity contribution is 9.10. The summed E-state index contributed by atoms with van der Waals surface area (Å²) in [6.45, 7) is 2.51. The molecule has 0 aliphatic heterocycles. The Balaban J connectivity index is 1.46. The Bertz CT molecular complexity index is 1380. The van der Waals surface area contributed by atoms with Crippen LogP contribution in [0.15, 0.2) is 94.6 Å². The van der Waals surface area contributed by atoms with Crippen molar-refractivity contribution in [1.82, 2.24) is 20.5 Å². The number of amides is 2. The Hall–Kier alpha value is -4.24. The van der Waals surface area contributed by atoms with Crippen molar-refractivity contribution in [3.8, 4) is 22.7 Å². The van der Waals surface area contributed by atoms with Crippen LogP contribution in [-0.4, -0.2) is 41.0 Å². The minimum atomic E-state index is -0.450. The molecule has 188 valence electrons. The first kappa shape index (κ1) is 25.8. The maximum Gasteiger partial charge on any atom is 0.259 e. The summed E-state index contributed by atoms with van der Waals surface area (Å²) in [5.41, 5.74) is 6.10. The molecular formula is C28H26BrN5O3. The number of hydrogen-bond donors (Lipinski definition) is 2. The maximum atomic E-state index is 12.3. The third-order valence-corrected chi connectivity index (χ3v) is 5.75. The summed E-state index contributed by atoms with van der Waals surface area (Å²) in [7, 11) is 0. The van der Waals surface area contributed by atoms with Crippen LogP contribution in [0.3, 0.4) is 0 Å². The van der Waals surface area contributed by atoms with Crippen molar-refractivity contribution in [3.05, 3.63) is 101 Å². The van der Waals surface area contributed by atoms with Crippen LogP contribution in [-0.2, 0) is 4.79 Å². The minimum Gasteiger partial charge on any atom is -0.494 e. The maximum absolute atomic E-state index is 12.3. The summed E-state index contributed by atoms with van der Waals surface area (Å²) in [6.07, 6.45) is 4.32. The lowest BCUT2D eigenvalue weighted by Gasteiger charge is -2.05. The molecule has 0 aliphatic rings. The smallest absolute Gasteiger partial charge is 0.259 e. The highest BCUT2D eigenvalue weighted by Gasteiger charge is 2.12. The van der Waals surface area contributed by atoms with Gasteiger partial charge in [-0.3, -0.25) is 9.59 Å². The topological polar surface area (TPSA) is 97.6 Å². The van der Waals surface area contributed by atoms with E-state index >= 15 is 0 Å². The molecule has 9 heteroatoms. The Labute approximate surface area is 223 Å². The van der Waals surface area contributed by atoms with E-state index in [0.29, 0.717) is 23.4 Å². The summed E-state index contributed by atoms with van der Waals surface area (Å²) in [6, 6.07) is 24.3. The van der Waals surface area contributed by atoms with E-state index in [1.165, 1.54) is 6.21 Å². The quantitative estimate of drug-likeness (QED) is 0.212. The first-order valence-corrected chi connectivity index (χ1v) is 12.6. The molecule has 37 heavy (non-hydrogen) atoms. The predicted molar refractivity (Wildman–Crippen MR) is 147 cm³/mol. The zero-order chi connectivity index (χ0) is 26.0. The second kappa shape index (κ2) is 12.6. The van der Waals surface area contributed by atoms with Gasteiger partial charge in [-0.2, -0.15) is 10.2 Å². The van der Waals surface area contributed by atoms with Crippen LogP contribution in [0.2, 0.25) is 0 Å². The lowest BCUT2D eigenvalue weighted by atomic mass is 10.1. The molecule has 1 aromatic heterocycles. The fraction of sp³-hybridized carbons (Fsp3) is 0.143. The summed E-state index contributed by atoms with van der Waals surface area (Å²) >= 11 is 3.33. The largest absolute Gasteiger partial charge is 0.494 e. The number of benzene rings is 3. The number of aromatic nitrogens is 2. The van der Waals surface area contributed by atoms with Gasteiger partial charge in [-0.15, -0.1) is 0 Å². The molecule has 0 saturated carbocycles. The Kier molecular flexibility index (Phi) is 8.83. The number of hydrogen-bond acceptors (Lipinski definition) is 5. The molecule has 2 amide bonds. The van der Waals surface area contributed by atoms with Gasteiger partial charge in [0.05, 0.1) is 25.1 Å². The van der Waals surface area contributed by atoms with E-state index in [-0.39, 0.29) is 12.5 Å². The molecule has 0 radical (unpaired) electrons. The molecule has 0 fully saturated rings. The second-order valence-electron chi connectivity index (χ2n) is 8.07. The van der Waals surface area contributed by atoms with Crippen LogP contribution in [0.1, 0.15) is 29.3 Å². The molecule has 0 atom stereocenters. The number of halogens is 1. The van der Waals surface area contributed by atoms with E-state index in [2.05, 4.69) is 38.7 Å². The normalized spacial score (nSPS) is 10.9. The summed E-state index contributed by atoms with van der Waals surface area (Å²) in [5.74, 6) is -0.00674. The van der Waals surface area contributed by atoms with Gasteiger partial charge < -0.3 is 10.1 Å². The lowest BCUT2D eigenvalue weighted by molar-refractivity contribution is -0.120. The highest BCUT2D eigenvalue weighted by Crippen LogP contribution is 2.25. The fourth-order valence-corrected chi connectivity index (χ4v) is 3.85. The molecule has 4 aromatic rings. The van der Waals surface area contributed by atoms with Gasteiger partial charge in [-0.25, -0.2) is 10.1 Å². The molecule has 0 bridgehead atoms. The average molecular weight is 560 g/mol. The molecular weight excluding hydrogens is 534 g/mol. The van der Waals surface area contributed by atoms with E-state index in [1.54, 1.807) is 22.9 Å². The monoisotopic (exact) mass is 559 g/mol. The number of carbonyl (C=O) groups excluding carboxylic acids is 2. The van der Waals surface area contributed by atoms with Crippen LogP contribution >= 0.6 is 15.9 Å². The first-order valence-electron chi connectivity index (χ1n) is 11.8. The van der Waals surface area contributed by atoms with Crippen LogP contribution in [0, 0.1) is 0 Å².